The Labute approximate surface area is 113 Å². The van der Waals surface area contributed by atoms with Crippen molar-refractivity contribution >= 4 is 24.0 Å². The van der Waals surface area contributed by atoms with Crippen LogP contribution in [0.5, 0.6) is 0 Å². The largest absolute Gasteiger partial charge is 0.323 e. The fraction of sp³-hybridized carbons (Fsp3) is 0.462. The molecule has 1 aromatic carbocycles. The van der Waals surface area contributed by atoms with E-state index in [2.05, 4.69) is 10.6 Å². The molecule has 100 valence electrons. The minimum absolute atomic E-state index is 0. The maximum Gasteiger partial charge on any atom is 0.227 e. The average Bonchev–Trinajstić information content (AvgIpc) is 2.34. The number of carbonyl (C=O) groups excluding carboxylic acids is 1. The Kier molecular flexibility index (Phi) is 5.56. The number of hydrogen-bond acceptors (Lipinski definition) is 2. The quantitative estimate of drug-likeness (QED) is 0.869. The standard InChI is InChI=1S/C13H17FN2O.ClH/c1-9-2-3-12(11(14)8-9)16-13(17)10-4-6-15-7-5-10;/h2-3,8,10,15H,4-7H2,1H3,(H,16,17);1H. The van der Waals surface area contributed by atoms with E-state index in [1.54, 1.807) is 12.1 Å². The summed E-state index contributed by atoms with van der Waals surface area (Å²) in [5.74, 6) is -0.446. The predicted octanol–water partition coefficient (Wildman–Crippen LogP) is 2.49. The molecule has 0 unspecified atom stereocenters. The second kappa shape index (κ2) is 6.71. The molecule has 1 aliphatic heterocycles. The molecular formula is C13H18ClFN2O. The summed E-state index contributed by atoms with van der Waals surface area (Å²) in [7, 11) is 0. The topological polar surface area (TPSA) is 41.1 Å². The van der Waals surface area contributed by atoms with Crippen LogP contribution in [0.1, 0.15) is 18.4 Å². The van der Waals surface area contributed by atoms with Crippen LogP contribution >= 0.6 is 12.4 Å². The van der Waals surface area contributed by atoms with Crippen LogP contribution in [0.4, 0.5) is 10.1 Å². The van der Waals surface area contributed by atoms with E-state index in [1.807, 2.05) is 6.92 Å². The van der Waals surface area contributed by atoms with Gasteiger partial charge in [-0.25, -0.2) is 4.39 Å². The van der Waals surface area contributed by atoms with Crippen molar-refractivity contribution in [2.45, 2.75) is 19.8 Å². The highest BCUT2D eigenvalue weighted by Gasteiger charge is 2.21. The first-order valence-electron chi connectivity index (χ1n) is 5.94. The van der Waals surface area contributed by atoms with Crippen molar-refractivity contribution in [1.29, 1.82) is 0 Å². The van der Waals surface area contributed by atoms with Gasteiger partial charge in [0.05, 0.1) is 5.69 Å². The highest BCUT2D eigenvalue weighted by molar-refractivity contribution is 5.92. The van der Waals surface area contributed by atoms with Crippen molar-refractivity contribution in [2.24, 2.45) is 5.92 Å². The van der Waals surface area contributed by atoms with Crippen LogP contribution in [0, 0.1) is 18.7 Å². The summed E-state index contributed by atoms with van der Waals surface area (Å²) in [6, 6.07) is 4.84. The lowest BCUT2D eigenvalue weighted by Gasteiger charge is -2.21. The number of rotatable bonds is 2. The molecule has 5 heteroatoms. The van der Waals surface area contributed by atoms with Gasteiger partial charge in [0.15, 0.2) is 0 Å². The average molecular weight is 273 g/mol. The van der Waals surface area contributed by atoms with Gasteiger partial charge in [0, 0.05) is 5.92 Å². The number of halogens is 2. The Balaban J connectivity index is 0.00000162. The molecule has 3 nitrogen and oxygen atoms in total. The van der Waals surface area contributed by atoms with Crippen LogP contribution < -0.4 is 10.6 Å². The number of amides is 1. The minimum Gasteiger partial charge on any atom is -0.323 e. The summed E-state index contributed by atoms with van der Waals surface area (Å²) in [4.78, 5) is 11.9. The van der Waals surface area contributed by atoms with Gasteiger partial charge in [-0.05, 0) is 50.6 Å². The number of benzene rings is 1. The fourth-order valence-electron chi connectivity index (χ4n) is 2.04. The SMILES string of the molecule is Cc1ccc(NC(=O)C2CCNCC2)c(F)c1.Cl. The van der Waals surface area contributed by atoms with Gasteiger partial charge in [0.1, 0.15) is 5.82 Å². The van der Waals surface area contributed by atoms with Crippen LogP contribution in [-0.4, -0.2) is 19.0 Å². The molecule has 2 rings (SSSR count). The van der Waals surface area contributed by atoms with Gasteiger partial charge in [0.2, 0.25) is 5.91 Å². The van der Waals surface area contributed by atoms with Crippen molar-refractivity contribution < 1.29 is 9.18 Å². The third-order valence-electron chi connectivity index (χ3n) is 3.09. The van der Waals surface area contributed by atoms with Gasteiger partial charge in [-0.15, -0.1) is 12.4 Å². The normalized spacial score (nSPS) is 15.9. The Bertz CT molecular complexity index is 419. The Morgan fingerprint density at radius 3 is 2.67 bits per heavy atom. The lowest BCUT2D eigenvalue weighted by atomic mass is 9.97. The number of hydrogen-bond donors (Lipinski definition) is 2. The molecule has 0 atom stereocenters. The zero-order chi connectivity index (χ0) is 12.3. The fourth-order valence-corrected chi connectivity index (χ4v) is 2.04. The molecule has 0 spiro atoms. The molecule has 1 aliphatic rings. The van der Waals surface area contributed by atoms with E-state index >= 15 is 0 Å². The third-order valence-corrected chi connectivity index (χ3v) is 3.09. The highest BCUT2D eigenvalue weighted by Crippen LogP contribution is 2.19. The van der Waals surface area contributed by atoms with Gasteiger partial charge in [-0.1, -0.05) is 6.07 Å². The van der Waals surface area contributed by atoms with Crippen molar-refractivity contribution in [1.82, 2.24) is 5.32 Å². The molecule has 0 saturated carbocycles. The van der Waals surface area contributed by atoms with Crippen LogP contribution in [0.3, 0.4) is 0 Å². The summed E-state index contributed by atoms with van der Waals surface area (Å²) in [6.45, 7) is 3.53. The first-order valence-corrected chi connectivity index (χ1v) is 5.94. The van der Waals surface area contributed by atoms with Crippen LogP contribution in [0.25, 0.3) is 0 Å². The molecule has 18 heavy (non-hydrogen) atoms. The summed E-state index contributed by atoms with van der Waals surface area (Å²) < 4.78 is 13.6. The first kappa shape index (κ1) is 14.9. The summed E-state index contributed by atoms with van der Waals surface area (Å²) in [6.07, 6.45) is 1.64. The Hall–Kier alpha value is -1.13. The molecule has 1 saturated heterocycles. The molecule has 2 N–H and O–H groups in total. The maximum atomic E-state index is 13.6. The monoisotopic (exact) mass is 272 g/mol. The highest BCUT2D eigenvalue weighted by atomic mass is 35.5. The molecule has 1 fully saturated rings. The van der Waals surface area contributed by atoms with Crippen molar-refractivity contribution in [3.63, 3.8) is 0 Å². The molecule has 1 amide bonds. The van der Waals surface area contributed by atoms with Crippen molar-refractivity contribution in [3.8, 4) is 0 Å². The summed E-state index contributed by atoms with van der Waals surface area (Å²) in [5.41, 5.74) is 1.13. The van der Waals surface area contributed by atoms with E-state index in [1.165, 1.54) is 6.07 Å². The molecule has 1 heterocycles. The molecule has 0 aromatic heterocycles. The van der Waals surface area contributed by atoms with Gasteiger partial charge in [-0.3, -0.25) is 4.79 Å². The zero-order valence-electron chi connectivity index (χ0n) is 10.3. The van der Waals surface area contributed by atoms with Crippen molar-refractivity contribution in [3.05, 3.63) is 29.6 Å². The Morgan fingerprint density at radius 1 is 1.39 bits per heavy atom. The zero-order valence-corrected chi connectivity index (χ0v) is 11.1. The van der Waals surface area contributed by atoms with E-state index in [9.17, 15) is 9.18 Å². The van der Waals surface area contributed by atoms with Crippen LogP contribution in [0.15, 0.2) is 18.2 Å². The second-order valence-corrected chi connectivity index (χ2v) is 4.50. The van der Waals surface area contributed by atoms with E-state index < -0.39 is 0 Å². The van der Waals surface area contributed by atoms with Gasteiger partial charge >= 0.3 is 0 Å². The lowest BCUT2D eigenvalue weighted by molar-refractivity contribution is -0.120. The van der Waals surface area contributed by atoms with Gasteiger partial charge in [0.25, 0.3) is 0 Å². The molecule has 1 aromatic rings. The van der Waals surface area contributed by atoms with E-state index in [0.29, 0.717) is 0 Å². The second-order valence-electron chi connectivity index (χ2n) is 4.50. The number of piperidine rings is 1. The molecular weight excluding hydrogens is 255 g/mol. The summed E-state index contributed by atoms with van der Waals surface area (Å²) >= 11 is 0. The van der Waals surface area contributed by atoms with E-state index in [4.69, 9.17) is 0 Å². The maximum absolute atomic E-state index is 13.6. The lowest BCUT2D eigenvalue weighted by Crippen LogP contribution is -2.34. The van der Waals surface area contributed by atoms with Crippen LogP contribution in [-0.2, 0) is 4.79 Å². The van der Waals surface area contributed by atoms with E-state index in [-0.39, 0.29) is 35.7 Å². The smallest absolute Gasteiger partial charge is 0.227 e. The minimum atomic E-state index is -0.368. The van der Waals surface area contributed by atoms with E-state index in [0.717, 1.165) is 31.5 Å². The van der Waals surface area contributed by atoms with Gasteiger partial charge in [-0.2, -0.15) is 0 Å². The molecule has 0 bridgehead atoms. The molecule has 0 radical (unpaired) electrons. The number of carbonyl (C=O) groups is 1. The molecule has 0 aliphatic carbocycles. The predicted molar refractivity (Wildman–Crippen MR) is 72.6 cm³/mol. The number of anilines is 1. The Morgan fingerprint density at radius 2 is 2.06 bits per heavy atom. The number of nitrogens with one attached hydrogen (secondary N) is 2. The van der Waals surface area contributed by atoms with Crippen molar-refractivity contribution in [2.75, 3.05) is 18.4 Å². The van der Waals surface area contributed by atoms with Crippen LogP contribution in [0.2, 0.25) is 0 Å². The first-order chi connectivity index (χ1) is 8.16. The number of aryl methyl sites for hydroxylation is 1. The summed E-state index contributed by atoms with van der Waals surface area (Å²) in [5, 5.41) is 5.86. The third kappa shape index (κ3) is 3.68. The van der Waals surface area contributed by atoms with Gasteiger partial charge < -0.3 is 10.6 Å².